The Morgan fingerprint density at radius 1 is 1.63 bits per heavy atom. The summed E-state index contributed by atoms with van der Waals surface area (Å²) in [5.41, 5.74) is 2.01. The molecule has 1 aromatic heterocycles. The predicted molar refractivity (Wildman–Crippen MR) is 78.6 cm³/mol. The number of carbonyl (C=O) groups is 1. The van der Waals surface area contributed by atoms with Crippen molar-refractivity contribution in [2.75, 3.05) is 5.75 Å². The molecule has 3 rings (SSSR count). The molecule has 19 heavy (non-hydrogen) atoms. The second-order valence-electron chi connectivity index (χ2n) is 4.86. The third kappa shape index (κ3) is 2.51. The fraction of sp³-hybridized carbons (Fsp3) is 0.385. The highest BCUT2D eigenvalue weighted by atomic mass is 79.9. The van der Waals surface area contributed by atoms with Crippen molar-refractivity contribution >= 4 is 44.7 Å². The molecule has 2 aromatic rings. The van der Waals surface area contributed by atoms with E-state index in [9.17, 15) is 4.79 Å². The van der Waals surface area contributed by atoms with Crippen LogP contribution < -0.4 is 0 Å². The number of rotatable bonds is 4. The Hall–Kier alpha value is -1.01. The Morgan fingerprint density at radius 3 is 3.00 bits per heavy atom. The van der Waals surface area contributed by atoms with Crippen LogP contribution >= 0.6 is 27.7 Å². The van der Waals surface area contributed by atoms with Gasteiger partial charge in [0.15, 0.2) is 5.16 Å². The van der Waals surface area contributed by atoms with E-state index in [4.69, 9.17) is 5.11 Å². The minimum absolute atomic E-state index is 0.0472. The number of aromatic nitrogens is 2. The van der Waals surface area contributed by atoms with Crippen LogP contribution in [0.25, 0.3) is 11.0 Å². The van der Waals surface area contributed by atoms with Crippen LogP contribution in [0.4, 0.5) is 0 Å². The molecule has 0 aliphatic heterocycles. The average molecular weight is 341 g/mol. The predicted octanol–water partition coefficient (Wildman–Crippen LogP) is 3.56. The SMILES string of the molecule is CC1CC1n1c(SCC(=O)O)nc2cc(Br)ccc21. The van der Waals surface area contributed by atoms with Gasteiger partial charge < -0.3 is 9.67 Å². The fourth-order valence-electron chi connectivity index (χ4n) is 2.26. The molecule has 1 fully saturated rings. The Kier molecular flexibility index (Phi) is 3.30. The molecule has 0 saturated heterocycles. The van der Waals surface area contributed by atoms with Gasteiger partial charge >= 0.3 is 5.97 Å². The minimum atomic E-state index is -0.811. The van der Waals surface area contributed by atoms with Gasteiger partial charge in [-0.25, -0.2) is 4.98 Å². The first kappa shape index (κ1) is 13.0. The van der Waals surface area contributed by atoms with Gasteiger partial charge in [0.25, 0.3) is 0 Å². The number of hydrogen-bond donors (Lipinski definition) is 1. The van der Waals surface area contributed by atoms with Crippen molar-refractivity contribution in [2.24, 2.45) is 5.92 Å². The number of carboxylic acids is 1. The zero-order chi connectivity index (χ0) is 13.6. The molecule has 0 spiro atoms. The van der Waals surface area contributed by atoms with Gasteiger partial charge in [0.1, 0.15) is 0 Å². The lowest BCUT2D eigenvalue weighted by Crippen LogP contribution is -2.02. The molecule has 0 radical (unpaired) electrons. The van der Waals surface area contributed by atoms with E-state index in [2.05, 4.69) is 32.4 Å². The monoisotopic (exact) mass is 340 g/mol. The summed E-state index contributed by atoms with van der Waals surface area (Å²) in [7, 11) is 0. The molecular weight excluding hydrogens is 328 g/mol. The average Bonchev–Trinajstić information content (AvgIpc) is 2.95. The van der Waals surface area contributed by atoms with Gasteiger partial charge in [-0.05, 0) is 30.5 Å². The lowest BCUT2D eigenvalue weighted by atomic mass is 10.3. The quantitative estimate of drug-likeness (QED) is 0.864. The Balaban J connectivity index is 2.05. The molecule has 100 valence electrons. The van der Waals surface area contributed by atoms with Gasteiger partial charge in [0.2, 0.25) is 0 Å². The molecule has 1 aliphatic carbocycles. The minimum Gasteiger partial charge on any atom is -0.481 e. The number of fused-ring (bicyclic) bond motifs is 1. The van der Waals surface area contributed by atoms with E-state index in [0.717, 1.165) is 27.1 Å². The van der Waals surface area contributed by atoms with Crippen molar-refractivity contribution < 1.29 is 9.90 Å². The number of thioether (sulfide) groups is 1. The molecule has 1 aliphatic rings. The second-order valence-corrected chi connectivity index (χ2v) is 6.72. The summed E-state index contributed by atoms with van der Waals surface area (Å²) >= 11 is 4.74. The highest BCUT2D eigenvalue weighted by Gasteiger charge is 2.37. The molecule has 1 heterocycles. The molecule has 1 N–H and O–H groups in total. The normalized spacial score (nSPS) is 21.8. The van der Waals surface area contributed by atoms with E-state index >= 15 is 0 Å². The molecule has 0 amide bonds. The zero-order valence-electron chi connectivity index (χ0n) is 10.3. The third-order valence-electron chi connectivity index (χ3n) is 3.34. The number of nitrogens with zero attached hydrogens (tertiary/aromatic N) is 2. The maximum absolute atomic E-state index is 10.7. The van der Waals surface area contributed by atoms with Crippen molar-refractivity contribution in [1.29, 1.82) is 0 Å². The molecular formula is C13H13BrN2O2S. The van der Waals surface area contributed by atoms with Crippen LogP contribution in [0, 0.1) is 5.92 Å². The van der Waals surface area contributed by atoms with Crippen molar-refractivity contribution in [3.8, 4) is 0 Å². The number of benzene rings is 1. The van der Waals surface area contributed by atoms with Crippen LogP contribution in [0.5, 0.6) is 0 Å². The van der Waals surface area contributed by atoms with Crippen LogP contribution in [0.1, 0.15) is 19.4 Å². The Labute approximate surface area is 123 Å². The number of carboxylic acid groups (broad SMARTS) is 1. The summed E-state index contributed by atoms with van der Waals surface area (Å²) in [4.78, 5) is 15.3. The van der Waals surface area contributed by atoms with Gasteiger partial charge in [0, 0.05) is 10.5 Å². The smallest absolute Gasteiger partial charge is 0.313 e. The zero-order valence-corrected chi connectivity index (χ0v) is 12.7. The van der Waals surface area contributed by atoms with Gasteiger partial charge in [-0.2, -0.15) is 0 Å². The molecule has 1 saturated carbocycles. The van der Waals surface area contributed by atoms with Crippen molar-refractivity contribution in [3.63, 3.8) is 0 Å². The second kappa shape index (κ2) is 4.83. The van der Waals surface area contributed by atoms with Crippen LogP contribution in [0.15, 0.2) is 27.8 Å². The third-order valence-corrected chi connectivity index (χ3v) is 4.77. The summed E-state index contributed by atoms with van der Waals surface area (Å²) in [6.07, 6.45) is 1.14. The summed E-state index contributed by atoms with van der Waals surface area (Å²) in [5, 5.41) is 9.64. The van der Waals surface area contributed by atoms with Crippen LogP contribution in [-0.4, -0.2) is 26.4 Å². The van der Waals surface area contributed by atoms with Crippen LogP contribution in [0.2, 0.25) is 0 Å². The maximum Gasteiger partial charge on any atom is 0.313 e. The molecule has 2 unspecified atom stereocenters. The first-order valence-electron chi connectivity index (χ1n) is 6.08. The van der Waals surface area contributed by atoms with Gasteiger partial charge in [-0.3, -0.25) is 4.79 Å². The number of aliphatic carboxylic acids is 1. The van der Waals surface area contributed by atoms with Gasteiger partial charge in [0.05, 0.1) is 16.8 Å². The van der Waals surface area contributed by atoms with E-state index < -0.39 is 5.97 Å². The van der Waals surface area contributed by atoms with Gasteiger partial charge in [-0.15, -0.1) is 0 Å². The standard InChI is InChI=1S/C13H13BrN2O2S/c1-7-4-11(7)16-10-3-2-8(14)5-9(10)15-13(16)19-6-12(17)18/h2-3,5,7,11H,4,6H2,1H3,(H,17,18). The lowest BCUT2D eigenvalue weighted by Gasteiger charge is -2.06. The summed E-state index contributed by atoms with van der Waals surface area (Å²) in [6, 6.07) is 6.48. The fourth-order valence-corrected chi connectivity index (χ4v) is 3.40. The van der Waals surface area contributed by atoms with Gasteiger partial charge in [-0.1, -0.05) is 34.6 Å². The number of imidazole rings is 1. The summed E-state index contributed by atoms with van der Waals surface area (Å²) in [6.45, 7) is 2.21. The summed E-state index contributed by atoms with van der Waals surface area (Å²) in [5.74, 6) is -0.121. The molecule has 0 bridgehead atoms. The van der Waals surface area contributed by atoms with E-state index in [0.29, 0.717) is 12.0 Å². The van der Waals surface area contributed by atoms with E-state index in [1.807, 2.05) is 18.2 Å². The molecule has 4 nitrogen and oxygen atoms in total. The Bertz CT molecular complexity index is 655. The van der Waals surface area contributed by atoms with Crippen molar-refractivity contribution in [3.05, 3.63) is 22.7 Å². The van der Waals surface area contributed by atoms with E-state index in [1.54, 1.807) is 0 Å². The van der Waals surface area contributed by atoms with Crippen LogP contribution in [-0.2, 0) is 4.79 Å². The number of halogens is 1. The summed E-state index contributed by atoms with van der Waals surface area (Å²) < 4.78 is 3.18. The highest BCUT2D eigenvalue weighted by Crippen LogP contribution is 2.46. The Morgan fingerprint density at radius 2 is 2.37 bits per heavy atom. The first-order chi connectivity index (χ1) is 9.06. The van der Waals surface area contributed by atoms with Crippen LogP contribution in [0.3, 0.4) is 0 Å². The topological polar surface area (TPSA) is 55.1 Å². The van der Waals surface area contributed by atoms with E-state index in [-0.39, 0.29) is 5.75 Å². The maximum atomic E-state index is 10.7. The number of hydrogen-bond acceptors (Lipinski definition) is 3. The largest absolute Gasteiger partial charge is 0.481 e. The molecule has 6 heteroatoms. The molecule has 1 aromatic carbocycles. The van der Waals surface area contributed by atoms with Crippen molar-refractivity contribution in [1.82, 2.24) is 9.55 Å². The van der Waals surface area contributed by atoms with Crippen molar-refractivity contribution in [2.45, 2.75) is 24.5 Å². The highest BCUT2D eigenvalue weighted by molar-refractivity contribution is 9.10. The molecule has 2 atom stereocenters. The lowest BCUT2D eigenvalue weighted by molar-refractivity contribution is -0.133. The van der Waals surface area contributed by atoms with E-state index in [1.165, 1.54) is 11.8 Å². The first-order valence-corrected chi connectivity index (χ1v) is 7.86.